The second kappa shape index (κ2) is 8.43. The largest absolute Gasteiger partial charge is 0.468 e. The van der Waals surface area contributed by atoms with Crippen molar-refractivity contribution in [1.29, 1.82) is 0 Å². The van der Waals surface area contributed by atoms with E-state index < -0.39 is 17.9 Å². The fourth-order valence-corrected chi connectivity index (χ4v) is 1.54. The maximum Gasteiger partial charge on any atom is 0.320 e. The van der Waals surface area contributed by atoms with Crippen molar-refractivity contribution in [3.63, 3.8) is 0 Å². The summed E-state index contributed by atoms with van der Waals surface area (Å²) in [6, 6.07) is 0. The molecule has 0 spiro atoms. The lowest BCUT2D eigenvalue weighted by Gasteiger charge is -2.14. The van der Waals surface area contributed by atoms with E-state index in [4.69, 9.17) is 0 Å². The molecule has 0 radical (unpaired) electrons. The molecule has 0 aliphatic rings. The number of hydrogen-bond acceptors (Lipinski definition) is 6. The van der Waals surface area contributed by atoms with E-state index >= 15 is 0 Å². The Labute approximate surface area is 106 Å². The molecule has 0 saturated heterocycles. The maximum absolute atomic E-state index is 11.4. The van der Waals surface area contributed by atoms with Crippen LogP contribution in [0, 0.1) is 22.0 Å². The standard InChI is InChI=1S/C11H19NO6/c1-8(6-7-12(15)16)4-5-9(10(13)17-2)11(14)18-3/h8-9H,4-7H2,1-3H3. The Hall–Kier alpha value is -1.66. The number of ether oxygens (including phenoxy) is 2. The molecule has 0 aromatic carbocycles. The molecule has 0 amide bonds. The van der Waals surface area contributed by atoms with Gasteiger partial charge in [-0.1, -0.05) is 6.92 Å². The highest BCUT2D eigenvalue weighted by Crippen LogP contribution is 2.17. The average Bonchev–Trinajstić information content (AvgIpc) is 2.35. The first-order chi connectivity index (χ1) is 8.42. The van der Waals surface area contributed by atoms with Gasteiger partial charge in [-0.2, -0.15) is 0 Å². The molecule has 1 atom stereocenters. The molecular weight excluding hydrogens is 242 g/mol. The molecule has 0 saturated carbocycles. The summed E-state index contributed by atoms with van der Waals surface area (Å²) in [5.41, 5.74) is 0. The number of nitrogens with zero attached hydrogens (tertiary/aromatic N) is 1. The SMILES string of the molecule is COC(=O)C(CCC(C)CC[N+](=O)[O-])C(=O)OC. The van der Waals surface area contributed by atoms with Crippen molar-refractivity contribution in [3.05, 3.63) is 10.1 Å². The van der Waals surface area contributed by atoms with Crippen molar-refractivity contribution >= 4 is 11.9 Å². The molecule has 0 aliphatic carbocycles. The van der Waals surface area contributed by atoms with Gasteiger partial charge >= 0.3 is 11.9 Å². The minimum Gasteiger partial charge on any atom is -0.468 e. The normalized spacial score (nSPS) is 12.0. The number of hydrogen-bond donors (Lipinski definition) is 0. The number of carbonyl (C=O) groups is 2. The Balaban J connectivity index is 4.22. The third-order valence-corrected chi connectivity index (χ3v) is 2.72. The molecular formula is C11H19NO6. The van der Waals surface area contributed by atoms with Gasteiger partial charge in [-0.05, 0) is 18.8 Å². The second-order valence-electron chi connectivity index (χ2n) is 4.13. The predicted octanol–water partition coefficient (Wildman–Crippen LogP) is 1.03. The third-order valence-electron chi connectivity index (χ3n) is 2.72. The zero-order chi connectivity index (χ0) is 14.1. The topological polar surface area (TPSA) is 95.7 Å². The Kier molecular flexibility index (Phi) is 7.66. The van der Waals surface area contributed by atoms with Crippen molar-refractivity contribution in [2.24, 2.45) is 11.8 Å². The molecule has 0 heterocycles. The summed E-state index contributed by atoms with van der Waals surface area (Å²) < 4.78 is 9.04. The Morgan fingerprint density at radius 2 is 1.61 bits per heavy atom. The van der Waals surface area contributed by atoms with Gasteiger partial charge in [0.05, 0.1) is 14.2 Å². The van der Waals surface area contributed by atoms with E-state index in [-0.39, 0.29) is 23.8 Å². The van der Waals surface area contributed by atoms with Crippen molar-refractivity contribution in [1.82, 2.24) is 0 Å². The quantitative estimate of drug-likeness (QED) is 0.280. The van der Waals surface area contributed by atoms with Gasteiger partial charge in [0, 0.05) is 11.3 Å². The van der Waals surface area contributed by atoms with Gasteiger partial charge in [-0.15, -0.1) is 0 Å². The Bertz CT molecular complexity index is 288. The molecule has 7 heteroatoms. The molecule has 0 fully saturated rings. The van der Waals surface area contributed by atoms with E-state index in [0.29, 0.717) is 12.8 Å². The summed E-state index contributed by atoms with van der Waals surface area (Å²) in [4.78, 5) is 32.5. The highest BCUT2D eigenvalue weighted by molar-refractivity contribution is 5.94. The highest BCUT2D eigenvalue weighted by Gasteiger charge is 2.28. The van der Waals surface area contributed by atoms with E-state index in [1.54, 1.807) is 0 Å². The van der Waals surface area contributed by atoms with Crippen molar-refractivity contribution < 1.29 is 24.0 Å². The van der Waals surface area contributed by atoms with Crippen LogP contribution in [-0.2, 0) is 19.1 Å². The van der Waals surface area contributed by atoms with Crippen LogP contribution >= 0.6 is 0 Å². The minimum absolute atomic E-state index is 0.0622. The Morgan fingerprint density at radius 3 is 2.00 bits per heavy atom. The lowest BCUT2D eigenvalue weighted by molar-refractivity contribution is -0.481. The minimum atomic E-state index is -0.946. The lowest BCUT2D eigenvalue weighted by Crippen LogP contribution is -2.27. The molecule has 1 unspecified atom stereocenters. The molecule has 18 heavy (non-hydrogen) atoms. The third kappa shape index (κ3) is 6.17. The zero-order valence-electron chi connectivity index (χ0n) is 10.9. The van der Waals surface area contributed by atoms with Gasteiger partial charge in [-0.25, -0.2) is 0 Å². The van der Waals surface area contributed by atoms with Gasteiger partial charge in [0.15, 0.2) is 5.92 Å². The second-order valence-corrected chi connectivity index (χ2v) is 4.13. The highest BCUT2D eigenvalue weighted by atomic mass is 16.6. The first-order valence-corrected chi connectivity index (χ1v) is 5.69. The number of nitro groups is 1. The number of carbonyl (C=O) groups excluding carboxylic acids is 2. The number of methoxy groups -OCH3 is 2. The molecule has 0 aromatic rings. The molecule has 0 aromatic heterocycles. The summed E-state index contributed by atoms with van der Waals surface area (Å²) >= 11 is 0. The zero-order valence-corrected chi connectivity index (χ0v) is 10.9. The van der Waals surface area contributed by atoms with Crippen molar-refractivity contribution in [2.75, 3.05) is 20.8 Å². The first kappa shape index (κ1) is 16.3. The van der Waals surface area contributed by atoms with Gasteiger partial charge in [-0.3, -0.25) is 19.7 Å². The predicted molar refractivity (Wildman–Crippen MR) is 62.4 cm³/mol. The van der Waals surface area contributed by atoms with Gasteiger partial charge in [0.2, 0.25) is 6.54 Å². The molecule has 104 valence electrons. The van der Waals surface area contributed by atoms with E-state index in [2.05, 4.69) is 9.47 Å². The van der Waals surface area contributed by atoms with Crippen molar-refractivity contribution in [3.8, 4) is 0 Å². The summed E-state index contributed by atoms with van der Waals surface area (Å²) in [5.74, 6) is -2.16. The smallest absolute Gasteiger partial charge is 0.320 e. The number of rotatable bonds is 8. The van der Waals surface area contributed by atoms with E-state index in [1.165, 1.54) is 14.2 Å². The summed E-state index contributed by atoms with van der Waals surface area (Å²) in [5, 5.41) is 10.2. The van der Waals surface area contributed by atoms with E-state index in [1.807, 2.05) is 6.92 Å². The van der Waals surface area contributed by atoms with Crippen LogP contribution < -0.4 is 0 Å². The molecule has 0 N–H and O–H groups in total. The van der Waals surface area contributed by atoms with Crippen LogP contribution in [0.2, 0.25) is 0 Å². The van der Waals surface area contributed by atoms with Crippen LogP contribution in [0.15, 0.2) is 0 Å². The van der Waals surface area contributed by atoms with Crippen LogP contribution in [0.25, 0.3) is 0 Å². The molecule has 0 rings (SSSR count). The molecule has 0 aliphatic heterocycles. The van der Waals surface area contributed by atoms with Crippen LogP contribution in [0.5, 0.6) is 0 Å². The first-order valence-electron chi connectivity index (χ1n) is 5.69. The monoisotopic (exact) mass is 261 g/mol. The average molecular weight is 261 g/mol. The van der Waals surface area contributed by atoms with Gasteiger partial charge < -0.3 is 9.47 Å². The summed E-state index contributed by atoms with van der Waals surface area (Å²) in [6.45, 7) is 1.73. The van der Waals surface area contributed by atoms with Crippen LogP contribution in [0.1, 0.15) is 26.2 Å². The molecule has 7 nitrogen and oxygen atoms in total. The Morgan fingerprint density at radius 1 is 1.11 bits per heavy atom. The summed E-state index contributed by atoms with van der Waals surface area (Å²) in [7, 11) is 2.41. The van der Waals surface area contributed by atoms with Crippen molar-refractivity contribution in [2.45, 2.75) is 26.2 Å². The fraction of sp³-hybridized carbons (Fsp3) is 0.818. The van der Waals surface area contributed by atoms with Gasteiger partial charge in [0.25, 0.3) is 0 Å². The van der Waals surface area contributed by atoms with Crippen LogP contribution in [0.4, 0.5) is 0 Å². The lowest BCUT2D eigenvalue weighted by atomic mass is 9.95. The maximum atomic E-state index is 11.4. The molecule has 0 bridgehead atoms. The fourth-order valence-electron chi connectivity index (χ4n) is 1.54. The van der Waals surface area contributed by atoms with Crippen LogP contribution in [-0.4, -0.2) is 37.6 Å². The van der Waals surface area contributed by atoms with E-state index in [0.717, 1.165) is 0 Å². The van der Waals surface area contributed by atoms with Crippen LogP contribution in [0.3, 0.4) is 0 Å². The number of esters is 2. The van der Waals surface area contributed by atoms with E-state index in [9.17, 15) is 19.7 Å². The van der Waals surface area contributed by atoms with Gasteiger partial charge in [0.1, 0.15) is 0 Å². The summed E-state index contributed by atoms with van der Waals surface area (Å²) in [6.07, 6.45) is 1.23.